The molecule has 1 amide bonds. The minimum atomic E-state index is -0.318. The van der Waals surface area contributed by atoms with Crippen molar-refractivity contribution in [1.82, 2.24) is 19.4 Å². The first kappa shape index (κ1) is 26.4. The molecule has 0 bridgehead atoms. The van der Waals surface area contributed by atoms with Crippen LogP contribution >= 0.6 is 34.8 Å². The zero-order valence-electron chi connectivity index (χ0n) is 20.8. The molecule has 7 nitrogen and oxygen atoms in total. The molecule has 1 fully saturated rings. The molecule has 3 heterocycles. The van der Waals surface area contributed by atoms with E-state index in [0.29, 0.717) is 45.3 Å². The van der Waals surface area contributed by atoms with Crippen molar-refractivity contribution in [1.29, 1.82) is 0 Å². The van der Waals surface area contributed by atoms with Crippen molar-refractivity contribution in [3.05, 3.63) is 62.9 Å². The summed E-state index contributed by atoms with van der Waals surface area (Å²) in [5, 5.41) is 3.79. The molecule has 5 rings (SSSR count). The van der Waals surface area contributed by atoms with Gasteiger partial charge in [-0.3, -0.25) is 9.69 Å². The number of rotatable bonds is 7. The van der Waals surface area contributed by atoms with Gasteiger partial charge in [-0.2, -0.15) is 0 Å². The van der Waals surface area contributed by atoms with Crippen molar-refractivity contribution >= 4 is 46.4 Å². The number of aromatic nitrogens is 3. The third-order valence-corrected chi connectivity index (χ3v) is 8.41. The topological polar surface area (TPSA) is 72.3 Å². The number of halogens is 3. The van der Waals surface area contributed by atoms with Gasteiger partial charge in [-0.25, -0.2) is 9.97 Å². The molecule has 3 aromatic rings. The van der Waals surface area contributed by atoms with Crippen LogP contribution < -0.4 is 5.32 Å². The number of ether oxygens (including phenoxy) is 1. The largest absolute Gasteiger partial charge is 0.377 e. The van der Waals surface area contributed by atoms with Gasteiger partial charge in [0.1, 0.15) is 5.15 Å². The van der Waals surface area contributed by atoms with Crippen molar-refractivity contribution in [3.63, 3.8) is 0 Å². The van der Waals surface area contributed by atoms with Crippen molar-refractivity contribution in [2.24, 2.45) is 7.05 Å². The molecule has 2 aromatic heterocycles. The first-order chi connectivity index (χ1) is 17.9. The predicted molar refractivity (Wildman–Crippen MR) is 148 cm³/mol. The van der Waals surface area contributed by atoms with E-state index in [0.717, 1.165) is 37.5 Å². The number of fused-ring (bicyclic) bond motifs is 1. The molecule has 1 aliphatic carbocycles. The minimum absolute atomic E-state index is 0.192. The lowest BCUT2D eigenvalue weighted by Gasteiger charge is -2.28. The number of hydrogen-bond acceptors (Lipinski definition) is 5. The van der Waals surface area contributed by atoms with Crippen LogP contribution in [0, 0.1) is 0 Å². The van der Waals surface area contributed by atoms with Gasteiger partial charge in [-0.05, 0) is 25.0 Å². The molecule has 1 saturated carbocycles. The van der Waals surface area contributed by atoms with Crippen LogP contribution in [-0.4, -0.2) is 51.1 Å². The molecule has 1 N–H and O–H groups in total. The molecule has 0 atom stereocenters. The lowest BCUT2D eigenvalue weighted by Crippen LogP contribution is -2.34. The number of nitrogens with one attached hydrogen (secondary N) is 1. The summed E-state index contributed by atoms with van der Waals surface area (Å²) in [5.74, 6) is 0.0405. The first-order valence-electron chi connectivity index (χ1n) is 12.7. The summed E-state index contributed by atoms with van der Waals surface area (Å²) >= 11 is 19.1. The Morgan fingerprint density at radius 2 is 1.89 bits per heavy atom. The summed E-state index contributed by atoms with van der Waals surface area (Å²) in [7, 11) is 1.89. The van der Waals surface area contributed by atoms with Gasteiger partial charge in [0.15, 0.2) is 5.82 Å². The Morgan fingerprint density at radius 1 is 1.11 bits per heavy atom. The van der Waals surface area contributed by atoms with Gasteiger partial charge in [0.25, 0.3) is 5.91 Å². The minimum Gasteiger partial charge on any atom is -0.377 e. The fourth-order valence-electron chi connectivity index (χ4n) is 5.20. The summed E-state index contributed by atoms with van der Waals surface area (Å²) in [4.78, 5) is 24.3. The van der Waals surface area contributed by atoms with Gasteiger partial charge < -0.3 is 14.6 Å². The van der Waals surface area contributed by atoms with E-state index in [1.807, 2.05) is 17.7 Å². The van der Waals surface area contributed by atoms with Gasteiger partial charge in [0, 0.05) is 56.1 Å². The Hall–Kier alpha value is -2.16. The summed E-state index contributed by atoms with van der Waals surface area (Å²) in [5.41, 5.74) is 3.79. The van der Waals surface area contributed by atoms with E-state index in [9.17, 15) is 4.79 Å². The third-order valence-electron chi connectivity index (χ3n) is 7.23. The number of anilines is 1. The summed E-state index contributed by atoms with van der Waals surface area (Å²) in [6.45, 7) is 3.24. The van der Waals surface area contributed by atoms with Crippen LogP contribution in [-0.2, 0) is 24.8 Å². The molecule has 1 aromatic carbocycles. The van der Waals surface area contributed by atoms with Crippen LogP contribution in [0.1, 0.15) is 54.1 Å². The molecular formula is C27H30Cl3N5O2. The second kappa shape index (κ2) is 11.7. The number of benzene rings is 1. The number of hydrogen-bond donors (Lipinski definition) is 1. The predicted octanol–water partition coefficient (Wildman–Crippen LogP) is 6.40. The number of nitrogens with zero attached hydrogens (tertiary/aromatic N) is 4. The van der Waals surface area contributed by atoms with Crippen LogP contribution in [0.15, 0.2) is 30.5 Å². The van der Waals surface area contributed by atoms with E-state index in [1.54, 1.807) is 24.4 Å². The quantitative estimate of drug-likeness (QED) is 0.337. The zero-order valence-corrected chi connectivity index (χ0v) is 23.0. The summed E-state index contributed by atoms with van der Waals surface area (Å²) in [6.07, 6.45) is 9.06. The summed E-state index contributed by atoms with van der Waals surface area (Å²) in [6, 6.07) is 7.11. The Morgan fingerprint density at radius 3 is 2.70 bits per heavy atom. The fraction of sp³-hybridized carbons (Fsp3) is 0.444. The van der Waals surface area contributed by atoms with E-state index in [2.05, 4.69) is 15.2 Å². The van der Waals surface area contributed by atoms with Gasteiger partial charge in [-0.1, -0.05) is 66.2 Å². The second-order valence-corrected chi connectivity index (χ2v) is 10.7. The van der Waals surface area contributed by atoms with E-state index in [4.69, 9.17) is 44.5 Å². The molecule has 0 saturated heterocycles. The van der Waals surface area contributed by atoms with Crippen LogP contribution in [0.4, 0.5) is 5.69 Å². The summed E-state index contributed by atoms with van der Waals surface area (Å²) < 4.78 is 8.00. The molecule has 10 heteroatoms. The molecule has 2 aliphatic rings. The maximum Gasteiger partial charge on any atom is 0.291 e. The average molecular weight is 563 g/mol. The molecule has 1 aliphatic heterocycles. The molecular weight excluding hydrogens is 533 g/mol. The van der Waals surface area contributed by atoms with Crippen LogP contribution in [0.25, 0.3) is 11.1 Å². The highest BCUT2D eigenvalue weighted by atomic mass is 35.5. The highest BCUT2D eigenvalue weighted by Gasteiger charge is 2.26. The van der Waals surface area contributed by atoms with E-state index in [-0.39, 0.29) is 11.1 Å². The van der Waals surface area contributed by atoms with Gasteiger partial charge in [0.2, 0.25) is 0 Å². The van der Waals surface area contributed by atoms with Gasteiger partial charge in [-0.15, -0.1) is 0 Å². The zero-order chi connectivity index (χ0) is 25.9. The maximum absolute atomic E-state index is 13.3. The van der Waals surface area contributed by atoms with Crippen LogP contribution in [0.3, 0.4) is 0 Å². The Bertz CT molecular complexity index is 1290. The number of carbonyl (C=O) groups excluding carboxylic acids is 1. The van der Waals surface area contributed by atoms with E-state index in [1.165, 1.54) is 32.1 Å². The Kier molecular flexibility index (Phi) is 8.37. The van der Waals surface area contributed by atoms with Crippen LogP contribution in [0.2, 0.25) is 15.2 Å². The van der Waals surface area contributed by atoms with Crippen molar-refractivity contribution in [2.45, 2.75) is 51.2 Å². The number of carbonyl (C=O) groups is 1. The van der Waals surface area contributed by atoms with Crippen molar-refractivity contribution < 1.29 is 9.53 Å². The monoisotopic (exact) mass is 561 g/mol. The first-order valence-corrected chi connectivity index (χ1v) is 13.8. The maximum atomic E-state index is 13.3. The standard InChI is InChI=1S/C27H30Cl3N5O2/c1-34-22-11-13-35(14-15-37-17-6-3-2-4-7-17)16-21(22)32-26(34)27(36)33-20-9-5-8-18(23(20)28)19-10-12-31-25(30)24(19)29/h5,8-10,12,17H,2-4,6-7,11,13-16H2,1H3,(H,33,36). The number of pyridine rings is 1. The lowest BCUT2D eigenvalue weighted by molar-refractivity contribution is 0.0143. The number of imidazole rings is 1. The average Bonchev–Trinajstić information content (AvgIpc) is 3.23. The fourth-order valence-corrected chi connectivity index (χ4v) is 5.84. The normalized spacial score (nSPS) is 16.5. The molecule has 0 unspecified atom stereocenters. The van der Waals surface area contributed by atoms with Crippen molar-refractivity contribution in [3.8, 4) is 11.1 Å². The van der Waals surface area contributed by atoms with Crippen molar-refractivity contribution in [2.75, 3.05) is 25.0 Å². The van der Waals surface area contributed by atoms with E-state index >= 15 is 0 Å². The molecule has 196 valence electrons. The SMILES string of the molecule is Cn1c(C(=O)Nc2cccc(-c3ccnc(Cl)c3Cl)c2Cl)nc2c1CCN(CCOC1CCCCC1)C2. The molecule has 0 radical (unpaired) electrons. The highest BCUT2D eigenvalue weighted by Crippen LogP contribution is 2.39. The lowest BCUT2D eigenvalue weighted by atomic mass is 9.98. The van der Waals surface area contributed by atoms with E-state index < -0.39 is 0 Å². The Balaban J connectivity index is 1.26. The number of amides is 1. The molecule has 37 heavy (non-hydrogen) atoms. The van der Waals surface area contributed by atoms with Crippen LogP contribution in [0.5, 0.6) is 0 Å². The molecule has 0 spiro atoms. The highest BCUT2D eigenvalue weighted by molar-refractivity contribution is 6.44. The van der Waals surface area contributed by atoms with Gasteiger partial charge in [0.05, 0.1) is 34.1 Å². The van der Waals surface area contributed by atoms with Gasteiger partial charge >= 0.3 is 0 Å². The Labute approximate surface area is 232 Å². The second-order valence-electron chi connectivity index (χ2n) is 9.63. The third kappa shape index (κ3) is 5.81. The smallest absolute Gasteiger partial charge is 0.291 e.